The first-order valence-electron chi connectivity index (χ1n) is 13.6. The van der Waals surface area contributed by atoms with E-state index in [-0.39, 0.29) is 5.41 Å². The Hall–Kier alpha value is -2.04. The lowest BCUT2D eigenvalue weighted by Gasteiger charge is -2.66. The minimum Gasteiger partial charge on any atom is -0.493 e. The molecule has 4 bridgehead atoms. The maximum absolute atomic E-state index is 6.79. The minimum absolute atomic E-state index is 0.209. The fourth-order valence-electron chi connectivity index (χ4n) is 9.73. The van der Waals surface area contributed by atoms with E-state index < -0.39 is 0 Å². The molecule has 5 fully saturated rings. The summed E-state index contributed by atoms with van der Waals surface area (Å²) in [6.07, 6.45) is 9.46. The summed E-state index contributed by atoms with van der Waals surface area (Å²) in [5.41, 5.74) is 3.66. The normalized spacial score (nSPS) is 39.4. The lowest BCUT2D eigenvalue weighted by atomic mass is 9.43. The second-order valence-electron chi connectivity index (χ2n) is 12.1. The number of nitrogens with one attached hydrogen (secondary N) is 1. The summed E-state index contributed by atoms with van der Waals surface area (Å²) < 4.78 is 12.8. The average molecular weight is 457 g/mol. The number of fused-ring (bicyclic) bond motifs is 1. The van der Waals surface area contributed by atoms with E-state index in [0.717, 1.165) is 35.0 Å². The molecule has 2 saturated heterocycles. The Labute approximate surface area is 203 Å². The largest absolute Gasteiger partial charge is 0.493 e. The van der Waals surface area contributed by atoms with Crippen molar-refractivity contribution in [2.75, 3.05) is 26.7 Å². The Morgan fingerprint density at radius 1 is 1.06 bits per heavy atom. The molecule has 0 amide bonds. The minimum atomic E-state index is 0.209. The molecule has 4 aliphatic carbocycles. The van der Waals surface area contributed by atoms with Crippen molar-refractivity contribution >= 4 is 0 Å². The molecule has 34 heavy (non-hydrogen) atoms. The van der Waals surface area contributed by atoms with Crippen LogP contribution in [0, 0.1) is 23.2 Å². The van der Waals surface area contributed by atoms with Crippen LogP contribution in [0.15, 0.2) is 42.5 Å². The number of rotatable bonds is 5. The summed E-state index contributed by atoms with van der Waals surface area (Å²) in [5, 5.41) is 3.97. The van der Waals surface area contributed by atoms with Crippen LogP contribution in [0.2, 0.25) is 0 Å². The number of para-hydroxylation sites is 1. The van der Waals surface area contributed by atoms with Crippen LogP contribution in [0.4, 0.5) is 0 Å². The molecule has 0 aromatic heterocycles. The van der Waals surface area contributed by atoms with E-state index in [0.29, 0.717) is 17.5 Å². The van der Waals surface area contributed by atoms with Crippen LogP contribution >= 0.6 is 0 Å². The average Bonchev–Trinajstić information content (AvgIpc) is 3.52. The summed E-state index contributed by atoms with van der Waals surface area (Å²) >= 11 is 0. The number of piperidine rings is 1. The zero-order valence-corrected chi connectivity index (χ0v) is 20.3. The van der Waals surface area contributed by atoms with E-state index in [2.05, 4.69) is 52.7 Å². The first-order chi connectivity index (χ1) is 16.7. The Morgan fingerprint density at radius 2 is 1.94 bits per heavy atom. The van der Waals surface area contributed by atoms with Crippen LogP contribution < -0.4 is 14.8 Å². The van der Waals surface area contributed by atoms with Gasteiger partial charge >= 0.3 is 0 Å². The van der Waals surface area contributed by atoms with Crippen LogP contribution in [-0.2, 0) is 11.8 Å². The smallest absolute Gasteiger partial charge is 0.173 e. The van der Waals surface area contributed by atoms with Gasteiger partial charge in [-0.05, 0) is 105 Å². The number of benzene rings is 2. The molecule has 8 rings (SSSR count). The molecule has 4 heteroatoms. The Kier molecular flexibility index (Phi) is 4.16. The highest BCUT2D eigenvalue weighted by atomic mass is 16.5. The second-order valence-corrected chi connectivity index (χ2v) is 12.1. The molecule has 0 radical (unpaired) electrons. The molecule has 4 nitrogen and oxygen atoms in total. The summed E-state index contributed by atoms with van der Waals surface area (Å²) in [5.74, 6) is 5.32. The Bertz CT molecular complexity index is 1130. The Balaban J connectivity index is 1.35. The van der Waals surface area contributed by atoms with Crippen LogP contribution in [0.5, 0.6) is 17.2 Å². The predicted molar refractivity (Wildman–Crippen MR) is 133 cm³/mol. The van der Waals surface area contributed by atoms with Gasteiger partial charge in [0, 0.05) is 29.6 Å². The van der Waals surface area contributed by atoms with Gasteiger partial charge in [-0.25, -0.2) is 0 Å². The molecule has 6 aliphatic rings. The molecule has 3 saturated carbocycles. The molecule has 1 N–H and O–H groups in total. The monoisotopic (exact) mass is 456 g/mol. The van der Waals surface area contributed by atoms with E-state index >= 15 is 0 Å². The van der Waals surface area contributed by atoms with Gasteiger partial charge in [-0.3, -0.25) is 4.90 Å². The predicted octanol–water partition coefficient (Wildman–Crippen LogP) is 5.15. The summed E-state index contributed by atoms with van der Waals surface area (Å²) in [7, 11) is 1.80. The van der Waals surface area contributed by atoms with E-state index in [1.54, 1.807) is 7.11 Å². The van der Waals surface area contributed by atoms with E-state index in [9.17, 15) is 0 Å². The maximum Gasteiger partial charge on any atom is 0.173 e. The molecule has 2 aromatic carbocycles. The van der Waals surface area contributed by atoms with Crippen molar-refractivity contribution in [1.29, 1.82) is 0 Å². The third-order valence-electron chi connectivity index (χ3n) is 10.9. The van der Waals surface area contributed by atoms with Crippen molar-refractivity contribution in [3.8, 4) is 17.2 Å². The van der Waals surface area contributed by atoms with Crippen LogP contribution in [0.25, 0.3) is 0 Å². The van der Waals surface area contributed by atoms with Crippen molar-refractivity contribution < 1.29 is 9.47 Å². The van der Waals surface area contributed by atoms with Crippen LogP contribution in [0.3, 0.4) is 0 Å². The van der Waals surface area contributed by atoms with E-state index in [1.165, 1.54) is 75.7 Å². The van der Waals surface area contributed by atoms with Gasteiger partial charge in [-0.2, -0.15) is 0 Å². The highest BCUT2D eigenvalue weighted by Gasteiger charge is 2.75. The quantitative estimate of drug-likeness (QED) is 0.674. The summed E-state index contributed by atoms with van der Waals surface area (Å²) in [6.45, 7) is 3.79. The zero-order chi connectivity index (χ0) is 22.5. The molecular weight excluding hydrogens is 420 g/mol. The standard InChI is InChI=1S/C30H36N2O2/c1-33-24-10-9-20-15-25-29-12-11-23-26(21(16-29)17-31-23)30(29,13-14-32(25)18-19-7-8-19)27(20)28(24)34-22-5-3-2-4-6-22/h2-6,9-10,19,21,23,25-26,31H,7-8,11-18H2,1H3. The summed E-state index contributed by atoms with van der Waals surface area (Å²) in [6, 6.07) is 16.3. The first kappa shape index (κ1) is 20.2. The van der Waals surface area contributed by atoms with Crippen LogP contribution in [-0.4, -0.2) is 43.7 Å². The highest BCUT2D eigenvalue weighted by molar-refractivity contribution is 5.61. The second kappa shape index (κ2) is 7.01. The van der Waals surface area contributed by atoms with Gasteiger partial charge in [-0.1, -0.05) is 24.3 Å². The lowest BCUT2D eigenvalue weighted by molar-refractivity contribution is -0.0948. The fourth-order valence-corrected chi connectivity index (χ4v) is 9.73. The molecule has 6 atom stereocenters. The number of hydrogen-bond acceptors (Lipinski definition) is 4. The molecule has 2 heterocycles. The maximum atomic E-state index is 6.79. The highest BCUT2D eigenvalue weighted by Crippen LogP contribution is 2.75. The van der Waals surface area contributed by atoms with E-state index in [1.807, 2.05) is 0 Å². The van der Waals surface area contributed by atoms with Crippen molar-refractivity contribution in [3.05, 3.63) is 53.6 Å². The number of hydrogen-bond donors (Lipinski definition) is 1. The lowest BCUT2D eigenvalue weighted by Crippen LogP contribution is -2.69. The van der Waals surface area contributed by atoms with Gasteiger partial charge in [0.2, 0.25) is 0 Å². The fraction of sp³-hybridized carbons (Fsp3) is 0.600. The number of nitrogens with zero attached hydrogens (tertiary/aromatic N) is 1. The molecular formula is C30H36N2O2. The number of methoxy groups -OCH3 is 1. The van der Waals surface area contributed by atoms with Gasteiger partial charge in [-0.15, -0.1) is 0 Å². The van der Waals surface area contributed by atoms with Crippen LogP contribution in [0.1, 0.15) is 49.7 Å². The van der Waals surface area contributed by atoms with Crippen molar-refractivity contribution in [2.24, 2.45) is 23.2 Å². The van der Waals surface area contributed by atoms with Crippen molar-refractivity contribution in [1.82, 2.24) is 10.2 Å². The molecule has 0 spiro atoms. The topological polar surface area (TPSA) is 33.7 Å². The Morgan fingerprint density at radius 3 is 2.76 bits per heavy atom. The third-order valence-corrected chi connectivity index (χ3v) is 10.9. The van der Waals surface area contributed by atoms with Crippen molar-refractivity contribution in [2.45, 2.75) is 62.4 Å². The molecule has 2 aromatic rings. The van der Waals surface area contributed by atoms with Gasteiger partial charge < -0.3 is 14.8 Å². The van der Waals surface area contributed by atoms with Gasteiger partial charge in [0.25, 0.3) is 0 Å². The zero-order valence-electron chi connectivity index (χ0n) is 20.3. The summed E-state index contributed by atoms with van der Waals surface area (Å²) in [4.78, 5) is 2.95. The molecule has 178 valence electrons. The molecule has 6 unspecified atom stereocenters. The first-order valence-corrected chi connectivity index (χ1v) is 13.6. The van der Waals surface area contributed by atoms with Gasteiger partial charge in [0.1, 0.15) is 5.75 Å². The third kappa shape index (κ3) is 2.47. The number of likely N-dealkylation sites (tertiary alicyclic amines) is 1. The van der Waals surface area contributed by atoms with Crippen molar-refractivity contribution in [3.63, 3.8) is 0 Å². The SMILES string of the molecule is COc1ccc2c(c1Oc1ccccc1)C13CCN(CC4CC4)C(C2)C12CCC1NCC(C2)C13. The number of ether oxygens (including phenoxy) is 2. The van der Waals surface area contributed by atoms with E-state index in [4.69, 9.17) is 9.47 Å². The van der Waals surface area contributed by atoms with Gasteiger partial charge in [0.15, 0.2) is 11.5 Å². The van der Waals surface area contributed by atoms with Gasteiger partial charge in [0.05, 0.1) is 7.11 Å². The molecule has 2 aliphatic heterocycles.